The molecule has 1 heterocycles. The summed E-state index contributed by atoms with van der Waals surface area (Å²) in [5.41, 5.74) is 2.51. The average Bonchev–Trinajstić information content (AvgIpc) is 2.16. The molecule has 0 aromatic heterocycles. The van der Waals surface area contributed by atoms with Crippen molar-refractivity contribution in [2.75, 3.05) is 11.9 Å². The number of hydrogen-bond donors (Lipinski definition) is 1. The van der Waals surface area contributed by atoms with E-state index in [1.807, 2.05) is 19.9 Å². The summed E-state index contributed by atoms with van der Waals surface area (Å²) in [6, 6.07) is 1.84. The second-order valence-electron chi connectivity index (χ2n) is 3.34. The second kappa shape index (κ2) is 3.17. The number of nitrogens with one attached hydrogen (secondary N) is 1. The normalized spacial score (nSPS) is 14.4. The Bertz CT molecular complexity index is 415. The van der Waals surface area contributed by atoms with Crippen LogP contribution < -0.4 is 10.1 Å². The van der Waals surface area contributed by atoms with Gasteiger partial charge in [-0.15, -0.1) is 0 Å². The first-order chi connectivity index (χ1) is 6.59. The molecule has 1 aromatic rings. The van der Waals surface area contributed by atoms with E-state index in [4.69, 9.17) is 16.3 Å². The monoisotopic (exact) mass is 211 g/mol. The minimum atomic E-state index is -0.138. The van der Waals surface area contributed by atoms with Gasteiger partial charge in [0.2, 0.25) is 0 Å². The second-order valence-corrected chi connectivity index (χ2v) is 3.72. The van der Waals surface area contributed by atoms with Gasteiger partial charge < -0.3 is 10.1 Å². The van der Waals surface area contributed by atoms with Crippen LogP contribution in [0.5, 0.6) is 5.75 Å². The molecule has 14 heavy (non-hydrogen) atoms. The summed E-state index contributed by atoms with van der Waals surface area (Å²) in [6.07, 6.45) is 0. The predicted octanol–water partition coefficient (Wildman–Crippen LogP) is 2.29. The third-order valence-corrected chi connectivity index (χ3v) is 2.85. The fourth-order valence-corrected chi connectivity index (χ4v) is 1.66. The number of carbonyl (C=O) groups excluding carboxylic acids is 1. The molecule has 0 saturated carbocycles. The number of anilines is 1. The molecule has 74 valence electrons. The van der Waals surface area contributed by atoms with Crippen LogP contribution in [0.4, 0.5) is 5.69 Å². The summed E-state index contributed by atoms with van der Waals surface area (Å²) in [5, 5.41) is 3.42. The molecular weight excluding hydrogens is 202 g/mol. The molecule has 1 N–H and O–H groups in total. The highest BCUT2D eigenvalue weighted by atomic mass is 35.5. The Hall–Kier alpha value is -1.22. The number of halogens is 1. The minimum Gasteiger partial charge on any atom is -0.482 e. The van der Waals surface area contributed by atoms with Gasteiger partial charge >= 0.3 is 0 Å². The zero-order chi connectivity index (χ0) is 10.3. The summed E-state index contributed by atoms with van der Waals surface area (Å²) in [7, 11) is 0. The van der Waals surface area contributed by atoms with E-state index in [1.54, 1.807) is 0 Å². The van der Waals surface area contributed by atoms with Crippen LogP contribution in [0.1, 0.15) is 11.1 Å². The molecule has 1 aliphatic rings. The van der Waals surface area contributed by atoms with Crippen molar-refractivity contribution >= 4 is 23.2 Å². The van der Waals surface area contributed by atoms with E-state index in [9.17, 15) is 4.79 Å². The van der Waals surface area contributed by atoms with Gasteiger partial charge in [0, 0.05) is 5.02 Å². The highest BCUT2D eigenvalue weighted by Gasteiger charge is 2.20. The lowest BCUT2D eigenvalue weighted by atomic mass is 10.1. The van der Waals surface area contributed by atoms with Gasteiger partial charge in [0.15, 0.2) is 6.61 Å². The molecule has 2 rings (SSSR count). The Labute approximate surface area is 87.0 Å². The first-order valence-electron chi connectivity index (χ1n) is 4.32. The molecule has 3 nitrogen and oxygen atoms in total. The number of amides is 1. The largest absolute Gasteiger partial charge is 0.482 e. The fourth-order valence-electron chi connectivity index (χ4n) is 1.51. The van der Waals surface area contributed by atoms with Crippen molar-refractivity contribution in [3.05, 3.63) is 22.2 Å². The number of carbonyl (C=O) groups is 1. The van der Waals surface area contributed by atoms with E-state index < -0.39 is 0 Å². The Morgan fingerprint density at radius 2 is 2.21 bits per heavy atom. The molecule has 1 aliphatic heterocycles. The first kappa shape index (κ1) is 9.34. The highest BCUT2D eigenvalue weighted by Crippen LogP contribution is 2.37. The molecule has 0 bridgehead atoms. The Morgan fingerprint density at radius 1 is 1.50 bits per heavy atom. The van der Waals surface area contributed by atoms with Gasteiger partial charge in [0.25, 0.3) is 5.91 Å². The predicted molar refractivity (Wildman–Crippen MR) is 55.1 cm³/mol. The molecule has 0 spiro atoms. The number of hydrogen-bond acceptors (Lipinski definition) is 2. The van der Waals surface area contributed by atoms with Gasteiger partial charge in [-0.05, 0) is 31.0 Å². The summed E-state index contributed by atoms with van der Waals surface area (Å²) in [4.78, 5) is 11.1. The van der Waals surface area contributed by atoms with Gasteiger partial charge in [0.1, 0.15) is 5.75 Å². The Kier molecular flexibility index (Phi) is 2.11. The van der Waals surface area contributed by atoms with Crippen molar-refractivity contribution in [3.8, 4) is 5.75 Å². The molecule has 0 saturated heterocycles. The van der Waals surface area contributed by atoms with Crippen molar-refractivity contribution in [2.45, 2.75) is 13.8 Å². The van der Waals surface area contributed by atoms with Crippen molar-refractivity contribution in [1.29, 1.82) is 0 Å². The van der Waals surface area contributed by atoms with Crippen LogP contribution in [-0.4, -0.2) is 12.5 Å². The average molecular weight is 212 g/mol. The number of rotatable bonds is 0. The minimum absolute atomic E-state index is 0.0769. The van der Waals surface area contributed by atoms with Crippen LogP contribution >= 0.6 is 11.6 Å². The van der Waals surface area contributed by atoms with Gasteiger partial charge in [-0.1, -0.05) is 11.6 Å². The van der Waals surface area contributed by atoms with E-state index in [0.717, 1.165) is 11.1 Å². The fraction of sp³-hybridized carbons (Fsp3) is 0.300. The highest BCUT2D eigenvalue weighted by molar-refractivity contribution is 6.32. The van der Waals surface area contributed by atoms with Crippen molar-refractivity contribution in [1.82, 2.24) is 0 Å². The van der Waals surface area contributed by atoms with E-state index in [1.165, 1.54) is 0 Å². The SMILES string of the molecule is Cc1cc2c(c(C)c1Cl)NC(=O)CO2. The summed E-state index contributed by atoms with van der Waals surface area (Å²) < 4.78 is 5.28. The standard InChI is InChI=1S/C10H10ClNO2/c1-5-3-7-10(6(2)9(5)11)12-8(13)4-14-7/h3H,4H2,1-2H3,(H,12,13). The smallest absolute Gasteiger partial charge is 0.262 e. The lowest BCUT2D eigenvalue weighted by Gasteiger charge is -2.21. The zero-order valence-electron chi connectivity index (χ0n) is 7.98. The first-order valence-corrected chi connectivity index (χ1v) is 4.69. The van der Waals surface area contributed by atoms with E-state index in [-0.39, 0.29) is 12.5 Å². The van der Waals surface area contributed by atoms with Crippen LogP contribution in [-0.2, 0) is 4.79 Å². The molecule has 1 aromatic carbocycles. The van der Waals surface area contributed by atoms with Crippen LogP contribution in [0.3, 0.4) is 0 Å². The number of benzene rings is 1. The number of ether oxygens (including phenoxy) is 1. The third kappa shape index (κ3) is 1.34. The molecular formula is C10H10ClNO2. The van der Waals surface area contributed by atoms with E-state index >= 15 is 0 Å². The summed E-state index contributed by atoms with van der Waals surface area (Å²) >= 11 is 6.06. The van der Waals surface area contributed by atoms with Crippen LogP contribution in [0.15, 0.2) is 6.07 Å². The molecule has 0 radical (unpaired) electrons. The van der Waals surface area contributed by atoms with Crippen LogP contribution in [0, 0.1) is 13.8 Å². The van der Waals surface area contributed by atoms with Gasteiger partial charge in [-0.2, -0.15) is 0 Å². The van der Waals surface area contributed by atoms with Crippen LogP contribution in [0.25, 0.3) is 0 Å². The van der Waals surface area contributed by atoms with Crippen LogP contribution in [0.2, 0.25) is 5.02 Å². The maximum absolute atomic E-state index is 11.1. The summed E-state index contributed by atoms with van der Waals surface area (Å²) in [6.45, 7) is 3.85. The molecule has 1 amide bonds. The lowest BCUT2D eigenvalue weighted by molar-refractivity contribution is -0.118. The van der Waals surface area contributed by atoms with Crippen molar-refractivity contribution in [2.24, 2.45) is 0 Å². The lowest BCUT2D eigenvalue weighted by Crippen LogP contribution is -2.26. The third-order valence-electron chi connectivity index (χ3n) is 2.27. The van der Waals surface area contributed by atoms with Gasteiger partial charge in [0.05, 0.1) is 5.69 Å². The van der Waals surface area contributed by atoms with Gasteiger partial charge in [-0.3, -0.25) is 4.79 Å². The molecule has 0 fully saturated rings. The molecule has 4 heteroatoms. The maximum Gasteiger partial charge on any atom is 0.262 e. The number of fused-ring (bicyclic) bond motifs is 1. The summed E-state index contributed by atoms with van der Waals surface area (Å²) in [5.74, 6) is 0.560. The molecule has 0 unspecified atom stereocenters. The zero-order valence-corrected chi connectivity index (χ0v) is 8.73. The van der Waals surface area contributed by atoms with E-state index in [0.29, 0.717) is 16.5 Å². The maximum atomic E-state index is 11.1. The topological polar surface area (TPSA) is 38.3 Å². The van der Waals surface area contributed by atoms with Gasteiger partial charge in [-0.25, -0.2) is 0 Å². The van der Waals surface area contributed by atoms with E-state index in [2.05, 4.69) is 5.32 Å². The van der Waals surface area contributed by atoms with Crippen molar-refractivity contribution in [3.63, 3.8) is 0 Å². The quantitative estimate of drug-likeness (QED) is 0.715. The number of aryl methyl sites for hydroxylation is 1. The molecule has 0 atom stereocenters. The molecule has 0 aliphatic carbocycles. The Morgan fingerprint density at radius 3 is 2.93 bits per heavy atom. The Balaban J connectivity index is 2.60. The van der Waals surface area contributed by atoms with Crippen molar-refractivity contribution < 1.29 is 9.53 Å².